The molecule has 0 radical (unpaired) electrons. The van der Waals surface area contributed by atoms with Gasteiger partial charge >= 0.3 is 0 Å². The number of rotatable bonds is 8. The summed E-state index contributed by atoms with van der Waals surface area (Å²) in [5, 5.41) is 13.8. The van der Waals surface area contributed by atoms with Gasteiger partial charge in [-0.05, 0) is 49.2 Å². The number of nitro groups is 1. The molecule has 2 N–H and O–H groups in total. The van der Waals surface area contributed by atoms with E-state index in [9.17, 15) is 23.3 Å². The van der Waals surface area contributed by atoms with Gasteiger partial charge in [0.15, 0.2) is 0 Å². The maximum Gasteiger partial charge on any atom is 0.274 e. The Bertz CT molecular complexity index is 1230. The van der Waals surface area contributed by atoms with Crippen LogP contribution < -0.4 is 10.0 Å². The number of halogens is 1. The maximum atomic E-state index is 13.1. The van der Waals surface area contributed by atoms with E-state index < -0.39 is 26.9 Å². The van der Waals surface area contributed by atoms with Gasteiger partial charge in [-0.25, -0.2) is 8.42 Å². The molecule has 0 aliphatic carbocycles. The molecule has 3 rings (SSSR count). The van der Waals surface area contributed by atoms with E-state index in [0.29, 0.717) is 0 Å². The van der Waals surface area contributed by atoms with Gasteiger partial charge in [0.05, 0.1) is 21.1 Å². The molecule has 0 unspecified atom stereocenters. The topological polar surface area (TPSA) is 118 Å². The molecular weight excluding hydrogens is 498 g/mol. The Morgan fingerprint density at radius 2 is 1.69 bits per heavy atom. The van der Waals surface area contributed by atoms with Crippen LogP contribution in [0.4, 0.5) is 11.4 Å². The molecule has 3 aromatic rings. The van der Waals surface area contributed by atoms with Gasteiger partial charge in [0.25, 0.3) is 5.69 Å². The highest BCUT2D eigenvalue weighted by molar-refractivity contribution is 9.10. The number of carbonyl (C=O) groups excluding carboxylic acids is 1. The molecule has 0 heterocycles. The number of nitrogens with zero attached hydrogens (tertiary/aromatic N) is 1. The van der Waals surface area contributed by atoms with E-state index in [2.05, 4.69) is 26.0 Å². The molecule has 10 heteroatoms. The lowest BCUT2D eigenvalue weighted by molar-refractivity contribution is -0.385. The smallest absolute Gasteiger partial charge is 0.274 e. The van der Waals surface area contributed by atoms with Crippen LogP contribution in [-0.4, -0.2) is 25.3 Å². The Hall–Kier alpha value is -3.08. The summed E-state index contributed by atoms with van der Waals surface area (Å²) in [4.78, 5) is 23.8. The van der Waals surface area contributed by atoms with Crippen LogP contribution in [0.1, 0.15) is 11.1 Å². The number of hydrogen-bond acceptors (Lipinski definition) is 5. The predicted molar refractivity (Wildman–Crippen MR) is 125 cm³/mol. The zero-order valence-corrected chi connectivity index (χ0v) is 19.4. The first-order valence-electron chi connectivity index (χ1n) is 9.54. The number of carbonyl (C=O) groups is 1. The Balaban J connectivity index is 1.90. The molecule has 1 atom stereocenters. The van der Waals surface area contributed by atoms with Crippen LogP contribution in [0.25, 0.3) is 0 Å². The van der Waals surface area contributed by atoms with E-state index in [1.54, 1.807) is 36.4 Å². The first-order valence-corrected chi connectivity index (χ1v) is 11.8. The largest absolute Gasteiger partial charge is 0.324 e. The predicted octanol–water partition coefficient (Wildman–Crippen LogP) is 4.19. The lowest BCUT2D eigenvalue weighted by atomic mass is 10.1. The second-order valence-corrected chi connectivity index (χ2v) is 9.64. The van der Waals surface area contributed by atoms with Crippen molar-refractivity contribution in [1.82, 2.24) is 4.72 Å². The number of amides is 1. The molecule has 0 bridgehead atoms. The normalized spacial score (nSPS) is 12.2. The quantitative estimate of drug-likeness (QED) is 0.343. The molecule has 0 spiro atoms. The average Bonchev–Trinajstić information content (AvgIpc) is 2.75. The third kappa shape index (κ3) is 5.78. The summed E-state index contributed by atoms with van der Waals surface area (Å²) in [7, 11) is -4.01. The zero-order chi connectivity index (χ0) is 23.3. The van der Waals surface area contributed by atoms with Crippen LogP contribution in [0.2, 0.25) is 0 Å². The molecule has 0 fully saturated rings. The summed E-state index contributed by atoms with van der Waals surface area (Å²) in [6.45, 7) is 1.52. The van der Waals surface area contributed by atoms with Gasteiger partial charge in [-0.2, -0.15) is 4.72 Å². The fourth-order valence-electron chi connectivity index (χ4n) is 3.08. The van der Waals surface area contributed by atoms with Crippen molar-refractivity contribution < 1.29 is 18.1 Å². The first-order chi connectivity index (χ1) is 15.2. The number of benzene rings is 3. The van der Waals surface area contributed by atoms with E-state index in [-0.39, 0.29) is 28.3 Å². The van der Waals surface area contributed by atoms with Gasteiger partial charge in [-0.3, -0.25) is 14.9 Å². The lowest BCUT2D eigenvalue weighted by Gasteiger charge is -2.19. The SMILES string of the molecule is Cc1c(NC(=O)[C@H](Cc2ccccc2)NS(=O)(=O)c2ccc(Br)cc2)cccc1[N+](=O)[O-]. The summed E-state index contributed by atoms with van der Waals surface area (Å²) in [6, 6.07) is 18.2. The van der Waals surface area contributed by atoms with Crippen LogP contribution in [0.15, 0.2) is 82.2 Å². The molecule has 0 aliphatic rings. The number of nitrogens with one attached hydrogen (secondary N) is 2. The van der Waals surface area contributed by atoms with Crippen molar-refractivity contribution in [1.29, 1.82) is 0 Å². The second kappa shape index (κ2) is 10.0. The summed E-state index contributed by atoms with van der Waals surface area (Å²) in [5.41, 5.74) is 1.13. The Labute approximate surface area is 194 Å². The third-order valence-electron chi connectivity index (χ3n) is 4.78. The molecule has 0 aromatic heterocycles. The van der Waals surface area contributed by atoms with Gasteiger partial charge in [0.2, 0.25) is 15.9 Å². The van der Waals surface area contributed by atoms with E-state index >= 15 is 0 Å². The fourth-order valence-corrected chi connectivity index (χ4v) is 4.54. The average molecular weight is 518 g/mol. The number of nitro benzene ring substituents is 1. The minimum Gasteiger partial charge on any atom is -0.324 e. The first kappa shape index (κ1) is 23.6. The molecule has 0 saturated heterocycles. The summed E-state index contributed by atoms with van der Waals surface area (Å²) < 4.78 is 29.0. The molecule has 3 aromatic carbocycles. The van der Waals surface area contributed by atoms with Crippen LogP contribution in [0, 0.1) is 17.0 Å². The van der Waals surface area contributed by atoms with Crippen molar-refractivity contribution in [3.63, 3.8) is 0 Å². The second-order valence-electron chi connectivity index (χ2n) is 7.01. The zero-order valence-electron chi connectivity index (χ0n) is 17.0. The van der Waals surface area contributed by atoms with Gasteiger partial charge in [-0.15, -0.1) is 0 Å². The molecule has 166 valence electrons. The van der Waals surface area contributed by atoms with Crippen LogP contribution in [0.5, 0.6) is 0 Å². The molecule has 1 amide bonds. The number of hydrogen-bond donors (Lipinski definition) is 2. The maximum absolute atomic E-state index is 13.1. The Kier molecular flexibility index (Phi) is 7.39. The molecule has 0 aliphatic heterocycles. The molecule has 8 nitrogen and oxygen atoms in total. The summed E-state index contributed by atoms with van der Waals surface area (Å²) in [6.07, 6.45) is 0.0937. The van der Waals surface area contributed by atoms with Crippen molar-refractivity contribution in [3.05, 3.63) is 98.5 Å². The standard InChI is InChI=1S/C22H20BrN3O5S/c1-15-19(8-5-9-21(15)26(28)29)24-22(27)20(14-16-6-3-2-4-7-16)25-32(30,31)18-12-10-17(23)11-13-18/h2-13,20,25H,14H2,1H3,(H,24,27)/t20-/m0/s1. The summed E-state index contributed by atoms with van der Waals surface area (Å²) in [5.74, 6) is -0.627. The van der Waals surface area contributed by atoms with Crippen LogP contribution in [0.3, 0.4) is 0 Å². The molecule has 0 saturated carbocycles. The van der Waals surface area contributed by atoms with E-state index in [0.717, 1.165) is 10.0 Å². The minimum absolute atomic E-state index is 0.0121. The van der Waals surface area contributed by atoms with Crippen molar-refractivity contribution in [2.45, 2.75) is 24.3 Å². The van der Waals surface area contributed by atoms with Gasteiger partial charge in [-0.1, -0.05) is 52.3 Å². The van der Waals surface area contributed by atoms with E-state index in [4.69, 9.17) is 0 Å². The van der Waals surface area contributed by atoms with Gasteiger partial charge in [0, 0.05) is 10.5 Å². The van der Waals surface area contributed by atoms with Crippen molar-refractivity contribution in [2.24, 2.45) is 0 Å². The minimum atomic E-state index is -4.01. The highest BCUT2D eigenvalue weighted by Crippen LogP contribution is 2.25. The summed E-state index contributed by atoms with van der Waals surface area (Å²) >= 11 is 3.26. The van der Waals surface area contributed by atoms with Crippen molar-refractivity contribution >= 4 is 43.2 Å². The highest BCUT2D eigenvalue weighted by atomic mass is 79.9. The number of sulfonamides is 1. The molecular formula is C22H20BrN3O5S. The molecule has 32 heavy (non-hydrogen) atoms. The van der Waals surface area contributed by atoms with Crippen LogP contribution >= 0.6 is 15.9 Å². The van der Waals surface area contributed by atoms with E-state index in [1.807, 2.05) is 6.07 Å². The van der Waals surface area contributed by atoms with Gasteiger partial charge < -0.3 is 5.32 Å². The lowest BCUT2D eigenvalue weighted by Crippen LogP contribution is -2.45. The van der Waals surface area contributed by atoms with Crippen molar-refractivity contribution in [2.75, 3.05) is 5.32 Å². The third-order valence-corrected chi connectivity index (χ3v) is 6.80. The van der Waals surface area contributed by atoms with Gasteiger partial charge in [0.1, 0.15) is 6.04 Å². The fraction of sp³-hybridized carbons (Fsp3) is 0.136. The Morgan fingerprint density at radius 3 is 2.31 bits per heavy atom. The van der Waals surface area contributed by atoms with Crippen molar-refractivity contribution in [3.8, 4) is 0 Å². The van der Waals surface area contributed by atoms with E-state index in [1.165, 1.54) is 37.3 Å². The monoisotopic (exact) mass is 517 g/mol. The Morgan fingerprint density at radius 1 is 1.03 bits per heavy atom. The highest BCUT2D eigenvalue weighted by Gasteiger charge is 2.27. The van der Waals surface area contributed by atoms with Crippen LogP contribution in [-0.2, 0) is 21.2 Å². The number of anilines is 1.